The molecule has 0 aromatic heterocycles. The van der Waals surface area contributed by atoms with Gasteiger partial charge < -0.3 is 14.8 Å². The molecule has 1 N–H and O–H groups in total. The van der Waals surface area contributed by atoms with Gasteiger partial charge in [-0.05, 0) is 64.0 Å². The van der Waals surface area contributed by atoms with Crippen molar-refractivity contribution in [3.63, 3.8) is 0 Å². The average molecular weight is 333 g/mol. The summed E-state index contributed by atoms with van der Waals surface area (Å²) in [6, 6.07) is 6.80. The first-order chi connectivity index (χ1) is 11.2. The van der Waals surface area contributed by atoms with Gasteiger partial charge in [0.15, 0.2) is 0 Å². The van der Waals surface area contributed by atoms with E-state index in [0.717, 1.165) is 5.56 Å². The Balaban J connectivity index is 1.98. The van der Waals surface area contributed by atoms with Crippen LogP contribution in [0, 0.1) is 5.92 Å². The van der Waals surface area contributed by atoms with E-state index in [2.05, 4.69) is 12.2 Å². The van der Waals surface area contributed by atoms with E-state index < -0.39 is 23.7 Å². The maximum Gasteiger partial charge on any atom is 0.408 e. The minimum Gasteiger partial charge on any atom is -0.444 e. The molecular formula is C19H27NO4. The summed E-state index contributed by atoms with van der Waals surface area (Å²) < 4.78 is 10.7. The van der Waals surface area contributed by atoms with Gasteiger partial charge in [-0.25, -0.2) is 9.59 Å². The van der Waals surface area contributed by atoms with Crippen molar-refractivity contribution in [3.05, 3.63) is 29.8 Å². The number of alkyl carbamates (subject to hydrolysis) is 1. The molecule has 5 nitrogen and oxygen atoms in total. The van der Waals surface area contributed by atoms with E-state index in [9.17, 15) is 9.59 Å². The van der Waals surface area contributed by atoms with E-state index in [1.165, 1.54) is 12.8 Å². The molecule has 0 heterocycles. The van der Waals surface area contributed by atoms with Crippen molar-refractivity contribution in [2.75, 3.05) is 0 Å². The maximum atomic E-state index is 12.3. The lowest BCUT2D eigenvalue weighted by atomic mass is 9.95. The van der Waals surface area contributed by atoms with Crippen LogP contribution in [0.25, 0.3) is 0 Å². The van der Waals surface area contributed by atoms with Gasteiger partial charge in [0, 0.05) is 0 Å². The normalized spacial score (nSPS) is 16.9. The highest BCUT2D eigenvalue weighted by atomic mass is 16.6. The minimum absolute atomic E-state index is 0.364. The lowest BCUT2D eigenvalue weighted by Crippen LogP contribution is -2.43. The summed E-state index contributed by atoms with van der Waals surface area (Å²) in [4.78, 5) is 24.0. The van der Waals surface area contributed by atoms with Crippen molar-refractivity contribution in [1.29, 1.82) is 0 Å². The molecule has 1 aromatic carbocycles. The number of nitrogens with one attached hydrogen (secondary N) is 1. The van der Waals surface area contributed by atoms with E-state index in [1.807, 2.05) is 18.2 Å². The Morgan fingerprint density at radius 1 is 1.17 bits per heavy atom. The maximum absolute atomic E-state index is 12.3. The van der Waals surface area contributed by atoms with Crippen molar-refractivity contribution < 1.29 is 19.1 Å². The number of para-hydroxylation sites is 1. The standard InChI is InChI=1S/C19H27NO4/c1-12(14-10-11-14)15-8-6-7-9-16(15)23-17(21)13(2)20-18(22)24-19(3,4)5/h6-9,12-14H,10-11H2,1-5H3,(H,20,22)/t12-,13-/m1/s1. The summed E-state index contributed by atoms with van der Waals surface area (Å²) >= 11 is 0. The van der Waals surface area contributed by atoms with Gasteiger partial charge in [-0.1, -0.05) is 25.1 Å². The first-order valence-corrected chi connectivity index (χ1v) is 8.47. The van der Waals surface area contributed by atoms with Crippen molar-refractivity contribution in [3.8, 4) is 5.75 Å². The number of carbonyl (C=O) groups is 2. The third kappa shape index (κ3) is 5.25. The molecular weight excluding hydrogens is 306 g/mol. The molecule has 0 radical (unpaired) electrons. The number of benzene rings is 1. The number of hydrogen-bond donors (Lipinski definition) is 1. The smallest absolute Gasteiger partial charge is 0.408 e. The van der Waals surface area contributed by atoms with Crippen LogP contribution < -0.4 is 10.1 Å². The Hall–Kier alpha value is -2.04. The molecule has 1 amide bonds. The van der Waals surface area contributed by atoms with Gasteiger partial charge in [0.1, 0.15) is 17.4 Å². The van der Waals surface area contributed by atoms with Crippen LogP contribution >= 0.6 is 0 Å². The van der Waals surface area contributed by atoms with Crippen molar-refractivity contribution in [2.45, 2.75) is 65.0 Å². The fraction of sp³-hybridized carbons (Fsp3) is 0.579. The zero-order valence-corrected chi connectivity index (χ0v) is 15.1. The number of ether oxygens (including phenoxy) is 2. The predicted octanol–water partition coefficient (Wildman–Crippen LogP) is 4.02. The van der Waals surface area contributed by atoms with Gasteiger partial charge in [0.05, 0.1) is 0 Å². The lowest BCUT2D eigenvalue weighted by Gasteiger charge is -2.22. The van der Waals surface area contributed by atoms with Crippen LogP contribution in [0.3, 0.4) is 0 Å². The summed E-state index contributed by atoms with van der Waals surface area (Å²) in [5.74, 6) is 1.10. The van der Waals surface area contributed by atoms with E-state index in [4.69, 9.17) is 9.47 Å². The quantitative estimate of drug-likeness (QED) is 0.653. The third-order valence-corrected chi connectivity index (χ3v) is 4.04. The van der Waals surface area contributed by atoms with Crippen molar-refractivity contribution in [1.82, 2.24) is 5.32 Å². The Kier molecular flexibility index (Phi) is 5.52. The average Bonchev–Trinajstić information content (AvgIpc) is 3.29. The SMILES string of the molecule is C[C@@H](NC(=O)OC(C)(C)C)C(=O)Oc1ccccc1[C@H](C)C1CC1. The topological polar surface area (TPSA) is 64.6 Å². The van der Waals surface area contributed by atoms with Crippen LogP contribution in [0.2, 0.25) is 0 Å². The second-order valence-corrected chi connectivity index (χ2v) is 7.45. The highest BCUT2D eigenvalue weighted by Crippen LogP contribution is 2.44. The Labute approximate surface area is 143 Å². The predicted molar refractivity (Wildman–Crippen MR) is 92.0 cm³/mol. The van der Waals surface area contributed by atoms with Gasteiger partial charge in [-0.3, -0.25) is 0 Å². The number of esters is 1. The zero-order valence-electron chi connectivity index (χ0n) is 15.1. The van der Waals surface area contributed by atoms with Crippen molar-refractivity contribution >= 4 is 12.1 Å². The zero-order chi connectivity index (χ0) is 17.9. The Morgan fingerprint density at radius 2 is 1.79 bits per heavy atom. The van der Waals surface area contributed by atoms with Crippen LogP contribution in [-0.4, -0.2) is 23.7 Å². The molecule has 0 aliphatic heterocycles. The molecule has 0 bridgehead atoms. The van der Waals surface area contributed by atoms with E-state index in [1.54, 1.807) is 33.8 Å². The van der Waals surface area contributed by atoms with Gasteiger partial charge in [0.25, 0.3) is 0 Å². The van der Waals surface area contributed by atoms with Crippen LogP contribution in [0.4, 0.5) is 4.79 Å². The molecule has 5 heteroatoms. The Morgan fingerprint density at radius 3 is 2.38 bits per heavy atom. The fourth-order valence-electron chi connectivity index (χ4n) is 2.54. The second-order valence-electron chi connectivity index (χ2n) is 7.45. The lowest BCUT2D eigenvalue weighted by molar-refractivity contribution is -0.136. The van der Waals surface area contributed by atoms with E-state index >= 15 is 0 Å². The monoisotopic (exact) mass is 333 g/mol. The second kappa shape index (κ2) is 7.24. The highest BCUT2D eigenvalue weighted by Gasteiger charge is 2.31. The molecule has 0 saturated heterocycles. The molecule has 1 saturated carbocycles. The number of hydrogen-bond acceptors (Lipinski definition) is 4. The molecule has 1 aliphatic rings. The fourth-order valence-corrected chi connectivity index (χ4v) is 2.54. The number of amides is 1. The molecule has 0 unspecified atom stereocenters. The first kappa shape index (κ1) is 18.3. The van der Waals surface area contributed by atoms with Crippen LogP contribution in [0.1, 0.15) is 58.9 Å². The minimum atomic E-state index is -0.788. The third-order valence-electron chi connectivity index (χ3n) is 4.04. The molecule has 132 valence electrons. The molecule has 2 rings (SSSR count). The van der Waals surface area contributed by atoms with E-state index in [0.29, 0.717) is 17.6 Å². The Bertz CT molecular complexity index is 602. The molecule has 1 aromatic rings. The summed E-state index contributed by atoms with van der Waals surface area (Å²) in [6.45, 7) is 9.05. The molecule has 1 aliphatic carbocycles. The molecule has 0 spiro atoms. The van der Waals surface area contributed by atoms with Crippen LogP contribution in [-0.2, 0) is 9.53 Å². The van der Waals surface area contributed by atoms with E-state index in [-0.39, 0.29) is 0 Å². The summed E-state index contributed by atoms with van der Waals surface area (Å²) in [7, 11) is 0. The first-order valence-electron chi connectivity index (χ1n) is 8.47. The van der Waals surface area contributed by atoms with Crippen LogP contribution in [0.15, 0.2) is 24.3 Å². The summed E-state index contributed by atoms with van der Waals surface area (Å²) in [6.07, 6.45) is 1.81. The summed E-state index contributed by atoms with van der Waals surface area (Å²) in [5, 5.41) is 2.50. The summed E-state index contributed by atoms with van der Waals surface area (Å²) in [5.41, 5.74) is 0.429. The number of carbonyl (C=O) groups excluding carboxylic acids is 2. The molecule has 1 fully saturated rings. The molecule has 2 atom stereocenters. The van der Waals surface area contributed by atoms with Crippen molar-refractivity contribution in [2.24, 2.45) is 5.92 Å². The molecule has 24 heavy (non-hydrogen) atoms. The van der Waals surface area contributed by atoms with Gasteiger partial charge in [-0.2, -0.15) is 0 Å². The van der Waals surface area contributed by atoms with Gasteiger partial charge >= 0.3 is 12.1 Å². The van der Waals surface area contributed by atoms with Crippen LogP contribution in [0.5, 0.6) is 5.75 Å². The number of rotatable bonds is 5. The largest absolute Gasteiger partial charge is 0.444 e. The van der Waals surface area contributed by atoms with Gasteiger partial charge in [-0.15, -0.1) is 0 Å². The highest BCUT2D eigenvalue weighted by molar-refractivity contribution is 5.82. The van der Waals surface area contributed by atoms with Gasteiger partial charge in [0.2, 0.25) is 0 Å².